The number of amides is 1. The van der Waals surface area contributed by atoms with Gasteiger partial charge in [0.15, 0.2) is 0 Å². The second-order valence-electron chi connectivity index (χ2n) is 8.47. The van der Waals surface area contributed by atoms with Crippen molar-refractivity contribution in [1.82, 2.24) is 25.2 Å². The van der Waals surface area contributed by atoms with Gasteiger partial charge in [0.2, 0.25) is 0 Å². The molecule has 0 spiro atoms. The van der Waals surface area contributed by atoms with Gasteiger partial charge in [-0.2, -0.15) is 0 Å². The first-order valence-electron chi connectivity index (χ1n) is 11.7. The normalized spacial score (nSPS) is 15.6. The van der Waals surface area contributed by atoms with E-state index in [0.717, 1.165) is 66.1 Å². The number of hydrogen-bond donors (Lipinski definition) is 2. The number of carbonyl (C=O) groups is 1. The molecule has 1 amide bonds. The quantitative estimate of drug-likeness (QED) is 0.602. The smallest absolute Gasteiger partial charge is 0.269 e. The highest BCUT2D eigenvalue weighted by atomic mass is 16.1. The number of pyridine rings is 3. The molecule has 1 aliphatic rings. The van der Waals surface area contributed by atoms with Crippen LogP contribution >= 0.6 is 0 Å². The molecule has 0 bridgehead atoms. The Morgan fingerprint density at radius 2 is 1.91 bits per heavy atom. The minimum atomic E-state index is -0.161. The van der Waals surface area contributed by atoms with Gasteiger partial charge in [-0.05, 0) is 49.6 Å². The number of anilines is 1. The molecular formula is C25H32N6O2. The fourth-order valence-corrected chi connectivity index (χ4v) is 4.49. The van der Waals surface area contributed by atoms with Gasteiger partial charge >= 0.3 is 0 Å². The van der Waals surface area contributed by atoms with Crippen LogP contribution in [-0.2, 0) is 12.8 Å². The van der Waals surface area contributed by atoms with Crippen molar-refractivity contribution in [2.75, 3.05) is 38.1 Å². The number of nitrogens with one attached hydrogen (secondary N) is 2. The number of carbonyl (C=O) groups excluding carboxylic acids is 1. The number of aromatic amines is 1. The zero-order chi connectivity index (χ0) is 23.5. The van der Waals surface area contributed by atoms with Crippen LogP contribution in [0.15, 0.2) is 35.3 Å². The molecule has 8 nitrogen and oxygen atoms in total. The van der Waals surface area contributed by atoms with Crippen LogP contribution in [0, 0.1) is 0 Å². The summed E-state index contributed by atoms with van der Waals surface area (Å²) in [5, 5.41) is 2.64. The molecule has 3 aromatic heterocycles. The van der Waals surface area contributed by atoms with Crippen molar-refractivity contribution < 1.29 is 4.79 Å². The lowest BCUT2D eigenvalue weighted by Gasteiger charge is -2.39. The van der Waals surface area contributed by atoms with Gasteiger partial charge in [-0.1, -0.05) is 13.8 Å². The Morgan fingerprint density at radius 3 is 2.58 bits per heavy atom. The molecule has 174 valence electrons. The first-order chi connectivity index (χ1) is 15.9. The van der Waals surface area contributed by atoms with Gasteiger partial charge in [0.1, 0.15) is 5.69 Å². The molecule has 2 N–H and O–H groups in total. The highest BCUT2D eigenvalue weighted by Crippen LogP contribution is 2.26. The predicted molar refractivity (Wildman–Crippen MR) is 131 cm³/mol. The van der Waals surface area contributed by atoms with E-state index in [1.807, 2.05) is 25.3 Å². The maximum absolute atomic E-state index is 12.2. The molecule has 1 unspecified atom stereocenters. The van der Waals surface area contributed by atoms with Crippen LogP contribution in [0.2, 0.25) is 0 Å². The fraction of sp³-hybridized carbons (Fsp3) is 0.440. The molecule has 8 heteroatoms. The Morgan fingerprint density at radius 1 is 1.15 bits per heavy atom. The van der Waals surface area contributed by atoms with E-state index in [4.69, 9.17) is 0 Å². The van der Waals surface area contributed by atoms with E-state index >= 15 is 0 Å². The molecule has 1 fully saturated rings. The van der Waals surface area contributed by atoms with Crippen LogP contribution in [0.3, 0.4) is 0 Å². The number of piperazine rings is 1. The van der Waals surface area contributed by atoms with E-state index in [9.17, 15) is 9.59 Å². The first kappa shape index (κ1) is 22.9. The lowest BCUT2D eigenvalue weighted by Crippen LogP contribution is -2.47. The zero-order valence-electron chi connectivity index (χ0n) is 19.8. The number of aryl methyl sites for hydroxylation is 2. The Balaban J connectivity index is 1.47. The molecule has 0 saturated carbocycles. The van der Waals surface area contributed by atoms with Gasteiger partial charge in [0.25, 0.3) is 11.5 Å². The molecule has 0 aromatic carbocycles. The lowest BCUT2D eigenvalue weighted by atomic mass is 10.1. The maximum Gasteiger partial charge on any atom is 0.269 e. The van der Waals surface area contributed by atoms with Gasteiger partial charge < -0.3 is 15.2 Å². The summed E-state index contributed by atoms with van der Waals surface area (Å²) in [6, 6.07) is 7.95. The number of rotatable bonds is 6. The first-order valence-corrected chi connectivity index (χ1v) is 11.7. The van der Waals surface area contributed by atoms with E-state index in [0.29, 0.717) is 12.1 Å². The number of nitrogens with zero attached hydrogens (tertiary/aromatic N) is 4. The monoisotopic (exact) mass is 448 g/mol. The molecule has 1 aliphatic heterocycles. The van der Waals surface area contributed by atoms with E-state index in [-0.39, 0.29) is 17.5 Å². The van der Waals surface area contributed by atoms with Crippen molar-refractivity contribution in [2.45, 2.75) is 39.7 Å². The Labute approximate surface area is 194 Å². The number of aromatic nitrogens is 3. The van der Waals surface area contributed by atoms with E-state index in [1.54, 1.807) is 13.1 Å². The van der Waals surface area contributed by atoms with Crippen molar-refractivity contribution in [1.29, 1.82) is 0 Å². The van der Waals surface area contributed by atoms with Crippen molar-refractivity contribution in [3.8, 4) is 0 Å². The molecule has 33 heavy (non-hydrogen) atoms. The Hall–Kier alpha value is -3.26. The predicted octanol–water partition coefficient (Wildman–Crippen LogP) is 2.69. The summed E-state index contributed by atoms with van der Waals surface area (Å²) < 4.78 is 0. The highest BCUT2D eigenvalue weighted by Gasteiger charge is 2.24. The third kappa shape index (κ3) is 4.61. The summed E-state index contributed by atoms with van der Waals surface area (Å²) in [7, 11) is 1.62. The van der Waals surface area contributed by atoms with Crippen LogP contribution in [-0.4, -0.2) is 59.0 Å². The second-order valence-corrected chi connectivity index (χ2v) is 8.47. The van der Waals surface area contributed by atoms with Gasteiger partial charge in [-0.3, -0.25) is 19.5 Å². The van der Waals surface area contributed by atoms with Gasteiger partial charge in [-0.15, -0.1) is 0 Å². The largest absolute Gasteiger partial charge is 0.367 e. The summed E-state index contributed by atoms with van der Waals surface area (Å²) in [6.45, 7) is 9.82. The minimum Gasteiger partial charge on any atom is -0.367 e. The molecule has 0 radical (unpaired) electrons. The average Bonchev–Trinajstić information content (AvgIpc) is 2.86. The summed E-state index contributed by atoms with van der Waals surface area (Å²) in [6.07, 6.45) is 3.39. The maximum atomic E-state index is 12.2. The second kappa shape index (κ2) is 9.70. The summed E-state index contributed by atoms with van der Waals surface area (Å²) >= 11 is 0. The SMILES string of the molecule is CCc1nc(C(=O)NC)ccc1N1CCN(C(C)c2cnc3cc(CC)c(=O)[nH]c3c2)CC1. The standard InChI is InChI=1S/C25H32N6O2/c1-5-17-13-21-22(29-24(17)32)14-18(15-27-21)16(3)30-9-11-31(12-10-30)23-8-7-20(25(33)26-4)28-19(23)6-2/h7-8,13-16H,5-6,9-12H2,1-4H3,(H,26,33)(H,29,32). The summed E-state index contributed by atoms with van der Waals surface area (Å²) in [5.41, 5.74) is 5.95. The zero-order valence-corrected chi connectivity index (χ0v) is 19.8. The molecule has 1 saturated heterocycles. The molecule has 0 aliphatic carbocycles. The van der Waals surface area contributed by atoms with Crippen molar-refractivity contribution in [2.24, 2.45) is 0 Å². The van der Waals surface area contributed by atoms with Crippen LogP contribution in [0.25, 0.3) is 11.0 Å². The lowest BCUT2D eigenvalue weighted by molar-refractivity contribution is 0.0958. The molecule has 3 aromatic rings. The van der Waals surface area contributed by atoms with E-state index in [2.05, 4.69) is 50.0 Å². The highest BCUT2D eigenvalue weighted by molar-refractivity contribution is 5.92. The van der Waals surface area contributed by atoms with Gasteiger partial charge in [0, 0.05) is 51.0 Å². The van der Waals surface area contributed by atoms with Crippen LogP contribution < -0.4 is 15.8 Å². The molecule has 4 rings (SSSR count). The van der Waals surface area contributed by atoms with E-state index < -0.39 is 0 Å². The number of H-pyrrole nitrogens is 1. The van der Waals surface area contributed by atoms with Crippen LogP contribution in [0.5, 0.6) is 0 Å². The van der Waals surface area contributed by atoms with Crippen molar-refractivity contribution in [3.05, 3.63) is 63.3 Å². The van der Waals surface area contributed by atoms with E-state index in [1.165, 1.54) is 0 Å². The Bertz CT molecular complexity index is 1210. The number of hydrogen-bond acceptors (Lipinski definition) is 6. The van der Waals surface area contributed by atoms with Crippen LogP contribution in [0.1, 0.15) is 54.1 Å². The molecule has 4 heterocycles. The summed E-state index contributed by atoms with van der Waals surface area (Å²) in [4.78, 5) is 41.1. The fourth-order valence-electron chi connectivity index (χ4n) is 4.49. The van der Waals surface area contributed by atoms with Gasteiger partial charge in [0.05, 0.1) is 22.4 Å². The Kier molecular flexibility index (Phi) is 6.74. The summed E-state index contributed by atoms with van der Waals surface area (Å²) in [5.74, 6) is -0.161. The van der Waals surface area contributed by atoms with Crippen molar-refractivity contribution in [3.63, 3.8) is 0 Å². The average molecular weight is 449 g/mol. The third-order valence-electron chi connectivity index (χ3n) is 6.60. The van der Waals surface area contributed by atoms with Crippen molar-refractivity contribution >= 4 is 22.6 Å². The topological polar surface area (TPSA) is 94.2 Å². The van der Waals surface area contributed by atoms with Crippen LogP contribution in [0.4, 0.5) is 5.69 Å². The molecular weight excluding hydrogens is 416 g/mol. The number of fused-ring (bicyclic) bond motifs is 1. The molecule has 1 atom stereocenters. The third-order valence-corrected chi connectivity index (χ3v) is 6.60. The minimum absolute atomic E-state index is 0.0343. The van der Waals surface area contributed by atoms with Gasteiger partial charge in [-0.25, -0.2) is 4.98 Å².